The Morgan fingerprint density at radius 3 is 2.33 bits per heavy atom. The van der Waals surface area contributed by atoms with Crippen LogP contribution in [0.4, 0.5) is 13.2 Å². The van der Waals surface area contributed by atoms with E-state index in [2.05, 4.69) is 15.0 Å². The molecule has 1 aliphatic carbocycles. The summed E-state index contributed by atoms with van der Waals surface area (Å²) < 4.78 is 38.7. The Hall–Kier alpha value is -3.27. The summed E-state index contributed by atoms with van der Waals surface area (Å²) >= 11 is 0. The normalized spacial score (nSPS) is 14.5. The molecule has 0 atom stereocenters. The van der Waals surface area contributed by atoms with E-state index in [1.54, 1.807) is 30.5 Å². The molecule has 1 heterocycles. The average molecular weight is 324 g/mol. The third-order valence-corrected chi connectivity index (χ3v) is 3.81. The van der Waals surface area contributed by atoms with Gasteiger partial charge in [0.2, 0.25) is 6.19 Å². The molecule has 0 bridgehead atoms. The Morgan fingerprint density at radius 1 is 0.917 bits per heavy atom. The first-order valence-electron chi connectivity index (χ1n) is 6.95. The second kappa shape index (κ2) is 4.86. The molecule has 7 heteroatoms. The van der Waals surface area contributed by atoms with Crippen LogP contribution in [-0.4, -0.2) is 15.7 Å². The molecule has 116 valence electrons. The van der Waals surface area contributed by atoms with Gasteiger partial charge in [-0.1, -0.05) is 24.3 Å². The highest BCUT2D eigenvalue weighted by molar-refractivity contribution is 6.23. The van der Waals surface area contributed by atoms with E-state index < -0.39 is 11.7 Å². The van der Waals surface area contributed by atoms with E-state index in [1.165, 1.54) is 6.07 Å². The van der Waals surface area contributed by atoms with Crippen molar-refractivity contribution in [2.24, 2.45) is 4.99 Å². The number of halogens is 3. The van der Waals surface area contributed by atoms with Crippen LogP contribution >= 0.6 is 0 Å². The van der Waals surface area contributed by atoms with E-state index in [-0.39, 0.29) is 5.52 Å². The molecule has 2 aromatic carbocycles. The highest BCUT2D eigenvalue weighted by Gasteiger charge is 2.32. The monoisotopic (exact) mass is 324 g/mol. The van der Waals surface area contributed by atoms with Gasteiger partial charge in [-0.15, -0.1) is 0 Å². The quantitative estimate of drug-likeness (QED) is 0.460. The second-order valence-electron chi connectivity index (χ2n) is 5.23. The standard InChI is InChI=1S/C17H7F3N4/c18-17(19,20)9-5-6-12-13(7-9)24-15-11-4-2-1-3-10(11)14(22-8-21)16(15)23-12/h1-7H. The maximum atomic E-state index is 12.9. The van der Waals surface area contributed by atoms with Gasteiger partial charge in [-0.05, 0) is 18.2 Å². The zero-order chi connectivity index (χ0) is 16.9. The van der Waals surface area contributed by atoms with E-state index in [0.29, 0.717) is 33.7 Å². The Morgan fingerprint density at radius 2 is 1.62 bits per heavy atom. The number of hydrogen-bond acceptors (Lipinski definition) is 4. The smallest absolute Gasteiger partial charge is 0.244 e. The van der Waals surface area contributed by atoms with Crippen molar-refractivity contribution in [2.45, 2.75) is 6.18 Å². The molecule has 24 heavy (non-hydrogen) atoms. The van der Waals surface area contributed by atoms with Crippen LogP contribution < -0.4 is 0 Å². The molecule has 1 aromatic heterocycles. The average Bonchev–Trinajstić information content (AvgIpc) is 2.86. The summed E-state index contributed by atoms with van der Waals surface area (Å²) in [6, 6.07) is 10.4. The molecule has 0 amide bonds. The van der Waals surface area contributed by atoms with Crippen LogP contribution in [0.5, 0.6) is 0 Å². The minimum Gasteiger partial charge on any atom is -0.244 e. The molecule has 0 N–H and O–H groups in total. The Kier molecular flexibility index (Phi) is 2.90. The van der Waals surface area contributed by atoms with Crippen molar-refractivity contribution in [3.05, 3.63) is 59.3 Å². The maximum Gasteiger partial charge on any atom is 0.416 e. The number of nitriles is 1. The molecule has 1 aliphatic rings. The molecule has 0 aliphatic heterocycles. The van der Waals surface area contributed by atoms with Crippen molar-refractivity contribution in [3.8, 4) is 17.5 Å². The van der Waals surface area contributed by atoms with E-state index in [4.69, 9.17) is 5.26 Å². The number of alkyl halides is 3. The Bertz CT molecular complexity index is 1060. The minimum absolute atomic E-state index is 0.150. The fraction of sp³-hybridized carbons (Fsp3) is 0.0588. The number of nitrogens with zero attached hydrogens (tertiary/aromatic N) is 4. The van der Waals surface area contributed by atoms with Gasteiger partial charge in [0.05, 0.1) is 22.3 Å². The molecular weight excluding hydrogens is 317 g/mol. The molecule has 0 spiro atoms. The van der Waals surface area contributed by atoms with Gasteiger partial charge in [0, 0.05) is 11.1 Å². The van der Waals surface area contributed by atoms with Crippen LogP contribution in [-0.2, 0) is 6.18 Å². The first-order valence-corrected chi connectivity index (χ1v) is 6.95. The number of rotatable bonds is 0. The SMILES string of the molecule is N#CN=C1c2ccccc2-c2nc3cc(C(F)(F)F)ccc3nc21. The van der Waals surface area contributed by atoms with Gasteiger partial charge < -0.3 is 0 Å². The lowest BCUT2D eigenvalue weighted by molar-refractivity contribution is -0.137. The number of benzene rings is 2. The van der Waals surface area contributed by atoms with Crippen LogP contribution in [0.25, 0.3) is 22.3 Å². The van der Waals surface area contributed by atoms with Gasteiger partial charge in [-0.3, -0.25) is 0 Å². The highest BCUT2D eigenvalue weighted by Crippen LogP contribution is 2.37. The van der Waals surface area contributed by atoms with Crippen molar-refractivity contribution < 1.29 is 13.2 Å². The zero-order valence-electron chi connectivity index (χ0n) is 12.0. The summed E-state index contributed by atoms with van der Waals surface area (Å²) in [6.45, 7) is 0. The van der Waals surface area contributed by atoms with Gasteiger partial charge >= 0.3 is 6.18 Å². The molecule has 0 saturated heterocycles. The minimum atomic E-state index is -4.44. The molecule has 4 nitrogen and oxygen atoms in total. The molecule has 0 saturated carbocycles. The summed E-state index contributed by atoms with van der Waals surface area (Å²) in [6.07, 6.45) is -2.70. The number of aromatic nitrogens is 2. The van der Waals surface area contributed by atoms with E-state index in [0.717, 1.165) is 12.1 Å². The molecule has 0 fully saturated rings. The Labute approximate surface area is 133 Å². The Balaban J connectivity index is 2.03. The van der Waals surface area contributed by atoms with Crippen LogP contribution in [0.15, 0.2) is 47.5 Å². The molecule has 3 aromatic rings. The predicted molar refractivity (Wildman–Crippen MR) is 81.2 cm³/mol. The summed E-state index contributed by atoms with van der Waals surface area (Å²) in [7, 11) is 0. The fourth-order valence-electron chi connectivity index (χ4n) is 2.77. The molecule has 0 radical (unpaired) electrons. The fourth-order valence-corrected chi connectivity index (χ4v) is 2.77. The van der Waals surface area contributed by atoms with E-state index >= 15 is 0 Å². The summed E-state index contributed by atoms with van der Waals surface area (Å²) in [4.78, 5) is 12.5. The second-order valence-corrected chi connectivity index (χ2v) is 5.23. The van der Waals surface area contributed by atoms with Gasteiger partial charge in [0.25, 0.3) is 0 Å². The lowest BCUT2D eigenvalue weighted by atomic mass is 10.1. The third-order valence-electron chi connectivity index (χ3n) is 3.81. The van der Waals surface area contributed by atoms with Crippen molar-refractivity contribution in [1.29, 1.82) is 5.26 Å². The summed E-state index contributed by atoms with van der Waals surface area (Å²) in [5.41, 5.74) is 2.32. The largest absolute Gasteiger partial charge is 0.416 e. The van der Waals surface area contributed by atoms with E-state index in [9.17, 15) is 13.2 Å². The lowest BCUT2D eigenvalue weighted by Gasteiger charge is -2.08. The first-order chi connectivity index (χ1) is 11.5. The zero-order valence-corrected chi connectivity index (χ0v) is 12.0. The number of aliphatic imine (C=N–C) groups is 1. The summed E-state index contributed by atoms with van der Waals surface area (Å²) in [5.74, 6) is 0. The number of fused-ring (bicyclic) bond motifs is 4. The van der Waals surface area contributed by atoms with Gasteiger partial charge in [-0.2, -0.15) is 23.4 Å². The lowest BCUT2D eigenvalue weighted by Crippen LogP contribution is -2.06. The molecular formula is C17H7F3N4. The molecule has 4 rings (SSSR count). The maximum absolute atomic E-state index is 12.9. The van der Waals surface area contributed by atoms with Crippen molar-refractivity contribution in [2.75, 3.05) is 0 Å². The van der Waals surface area contributed by atoms with Crippen LogP contribution in [0, 0.1) is 11.5 Å². The van der Waals surface area contributed by atoms with Gasteiger partial charge in [-0.25, -0.2) is 9.97 Å². The first kappa shape index (κ1) is 14.3. The number of hydrogen-bond donors (Lipinski definition) is 0. The summed E-state index contributed by atoms with van der Waals surface area (Å²) in [5, 5.41) is 8.91. The van der Waals surface area contributed by atoms with Crippen molar-refractivity contribution in [1.82, 2.24) is 9.97 Å². The van der Waals surface area contributed by atoms with Gasteiger partial charge in [0.1, 0.15) is 11.4 Å². The van der Waals surface area contributed by atoms with Gasteiger partial charge in [0.15, 0.2) is 0 Å². The van der Waals surface area contributed by atoms with Crippen molar-refractivity contribution in [3.63, 3.8) is 0 Å². The predicted octanol–water partition coefficient (Wildman–Crippen LogP) is 3.95. The van der Waals surface area contributed by atoms with Crippen LogP contribution in [0.1, 0.15) is 16.8 Å². The topological polar surface area (TPSA) is 61.9 Å². The third kappa shape index (κ3) is 2.04. The molecule has 0 unspecified atom stereocenters. The highest BCUT2D eigenvalue weighted by atomic mass is 19.4. The van der Waals surface area contributed by atoms with E-state index in [1.807, 2.05) is 0 Å². The van der Waals surface area contributed by atoms with Crippen LogP contribution in [0.3, 0.4) is 0 Å². The van der Waals surface area contributed by atoms with Crippen molar-refractivity contribution >= 4 is 16.7 Å². The van der Waals surface area contributed by atoms with Crippen LogP contribution in [0.2, 0.25) is 0 Å².